The highest BCUT2D eigenvalue weighted by Gasteiger charge is 2.32. The highest BCUT2D eigenvalue weighted by molar-refractivity contribution is 7.91. The van der Waals surface area contributed by atoms with E-state index in [0.717, 1.165) is 43.7 Å². The van der Waals surface area contributed by atoms with Gasteiger partial charge in [0, 0.05) is 12.6 Å². The van der Waals surface area contributed by atoms with E-state index in [1.807, 2.05) is 13.0 Å². The third-order valence-corrected chi connectivity index (χ3v) is 6.82. The molecule has 1 saturated heterocycles. The van der Waals surface area contributed by atoms with Gasteiger partial charge in [-0.1, -0.05) is 6.92 Å². The number of hydrogen-bond donors (Lipinski definition) is 1. The summed E-state index contributed by atoms with van der Waals surface area (Å²) in [5.41, 5.74) is 0. The highest BCUT2D eigenvalue weighted by atomic mass is 32.2. The minimum absolute atomic E-state index is 0.0637. The van der Waals surface area contributed by atoms with Crippen LogP contribution in [0.15, 0.2) is 16.3 Å². The van der Waals surface area contributed by atoms with Crippen molar-refractivity contribution in [3.05, 3.63) is 17.0 Å². The average Bonchev–Trinajstić information content (AvgIpc) is 2.95. The lowest BCUT2D eigenvalue weighted by molar-refractivity contribution is 0.263. The Morgan fingerprint density at radius 2 is 2.15 bits per heavy atom. The zero-order chi connectivity index (χ0) is 14.6. The van der Waals surface area contributed by atoms with Gasteiger partial charge in [0.1, 0.15) is 15.2 Å². The standard InChI is InChI=1S/C13H19N3O2S2/c1-2-9-16(11-5-7-15-8-6-11)20(17,18)13-4-3-12(10-14)19-13/h3-4,11,15H,2,5-9H2,1H3. The van der Waals surface area contributed by atoms with Crippen molar-refractivity contribution in [1.82, 2.24) is 9.62 Å². The summed E-state index contributed by atoms with van der Waals surface area (Å²) < 4.78 is 27.4. The molecule has 1 N–H and O–H groups in total. The number of sulfonamides is 1. The molecule has 0 atom stereocenters. The summed E-state index contributed by atoms with van der Waals surface area (Å²) in [6, 6.07) is 5.18. The van der Waals surface area contributed by atoms with E-state index in [1.54, 1.807) is 16.4 Å². The molecule has 2 heterocycles. The number of nitrogens with one attached hydrogen (secondary N) is 1. The van der Waals surface area contributed by atoms with E-state index in [4.69, 9.17) is 5.26 Å². The van der Waals surface area contributed by atoms with Gasteiger partial charge < -0.3 is 5.32 Å². The van der Waals surface area contributed by atoms with Crippen molar-refractivity contribution in [2.75, 3.05) is 19.6 Å². The average molecular weight is 313 g/mol. The lowest BCUT2D eigenvalue weighted by Gasteiger charge is -2.33. The molecule has 1 aromatic heterocycles. The molecule has 0 aromatic carbocycles. The van der Waals surface area contributed by atoms with Gasteiger partial charge in [-0.05, 0) is 44.5 Å². The van der Waals surface area contributed by atoms with Crippen LogP contribution in [0.1, 0.15) is 31.1 Å². The van der Waals surface area contributed by atoms with Crippen molar-refractivity contribution in [3.63, 3.8) is 0 Å². The first-order valence-electron chi connectivity index (χ1n) is 6.82. The van der Waals surface area contributed by atoms with E-state index in [0.29, 0.717) is 11.4 Å². The number of thiophene rings is 1. The predicted molar refractivity (Wildman–Crippen MR) is 79.1 cm³/mol. The Bertz CT molecular complexity index is 583. The molecule has 0 saturated carbocycles. The molecule has 1 fully saturated rings. The van der Waals surface area contributed by atoms with Crippen molar-refractivity contribution in [3.8, 4) is 6.07 Å². The molecule has 5 nitrogen and oxygen atoms in total. The molecule has 0 radical (unpaired) electrons. The zero-order valence-electron chi connectivity index (χ0n) is 11.5. The largest absolute Gasteiger partial charge is 0.317 e. The fraction of sp³-hybridized carbons (Fsp3) is 0.615. The first kappa shape index (κ1) is 15.4. The van der Waals surface area contributed by atoms with Gasteiger partial charge >= 0.3 is 0 Å². The van der Waals surface area contributed by atoms with E-state index < -0.39 is 10.0 Å². The van der Waals surface area contributed by atoms with Crippen molar-refractivity contribution in [2.45, 2.75) is 36.4 Å². The number of nitrogens with zero attached hydrogens (tertiary/aromatic N) is 2. The SMILES string of the molecule is CCCN(C1CCNCC1)S(=O)(=O)c1ccc(C#N)s1. The number of nitriles is 1. The lowest BCUT2D eigenvalue weighted by Crippen LogP contribution is -2.46. The second kappa shape index (κ2) is 6.68. The fourth-order valence-corrected chi connectivity index (χ4v) is 5.46. The molecule has 1 aliphatic rings. The molecule has 0 unspecified atom stereocenters. The first-order valence-corrected chi connectivity index (χ1v) is 9.07. The second-order valence-electron chi connectivity index (χ2n) is 4.83. The van der Waals surface area contributed by atoms with E-state index in [9.17, 15) is 8.42 Å². The van der Waals surface area contributed by atoms with Gasteiger partial charge in [-0.2, -0.15) is 9.57 Å². The van der Waals surface area contributed by atoms with Gasteiger partial charge in [0.25, 0.3) is 10.0 Å². The van der Waals surface area contributed by atoms with Crippen LogP contribution in [0.5, 0.6) is 0 Å². The molecule has 2 rings (SSSR count). The van der Waals surface area contributed by atoms with Crippen molar-refractivity contribution in [1.29, 1.82) is 5.26 Å². The lowest BCUT2D eigenvalue weighted by atomic mass is 10.1. The molecule has 20 heavy (non-hydrogen) atoms. The van der Waals surface area contributed by atoms with Crippen LogP contribution in [0.25, 0.3) is 0 Å². The smallest absolute Gasteiger partial charge is 0.252 e. The molecular formula is C13H19N3O2S2. The van der Waals surface area contributed by atoms with Crippen LogP contribution in [0.3, 0.4) is 0 Å². The fourth-order valence-electron chi connectivity index (χ4n) is 2.45. The van der Waals surface area contributed by atoms with Crippen LogP contribution in [0, 0.1) is 11.3 Å². The Labute approximate surface area is 124 Å². The highest BCUT2D eigenvalue weighted by Crippen LogP contribution is 2.28. The topological polar surface area (TPSA) is 73.2 Å². The van der Waals surface area contributed by atoms with Gasteiger partial charge in [-0.15, -0.1) is 11.3 Å². The normalized spacial score (nSPS) is 17.2. The Kier molecular flexibility index (Phi) is 5.16. The Morgan fingerprint density at radius 3 is 2.70 bits per heavy atom. The quantitative estimate of drug-likeness (QED) is 0.899. The van der Waals surface area contributed by atoms with Crippen molar-refractivity contribution in [2.24, 2.45) is 0 Å². The second-order valence-corrected chi connectivity index (χ2v) is 8.03. The Morgan fingerprint density at radius 1 is 1.45 bits per heavy atom. The summed E-state index contributed by atoms with van der Waals surface area (Å²) >= 11 is 1.05. The molecule has 0 amide bonds. The number of rotatable bonds is 5. The van der Waals surface area contributed by atoms with Crippen LogP contribution in [-0.4, -0.2) is 38.4 Å². The van der Waals surface area contributed by atoms with Crippen LogP contribution < -0.4 is 5.32 Å². The molecule has 110 valence electrons. The van der Waals surface area contributed by atoms with Crippen LogP contribution in [0.4, 0.5) is 0 Å². The monoisotopic (exact) mass is 313 g/mol. The van der Waals surface area contributed by atoms with Gasteiger partial charge in [-0.25, -0.2) is 8.42 Å². The van der Waals surface area contributed by atoms with E-state index in [2.05, 4.69) is 5.32 Å². The summed E-state index contributed by atoms with van der Waals surface area (Å²) in [6.07, 6.45) is 2.48. The summed E-state index contributed by atoms with van der Waals surface area (Å²) in [5, 5.41) is 12.1. The molecule has 7 heteroatoms. The molecular weight excluding hydrogens is 294 g/mol. The van der Waals surface area contributed by atoms with Gasteiger partial charge in [0.2, 0.25) is 0 Å². The summed E-state index contributed by atoms with van der Waals surface area (Å²) in [4.78, 5) is 0.435. The van der Waals surface area contributed by atoms with E-state index in [-0.39, 0.29) is 10.3 Å². The van der Waals surface area contributed by atoms with E-state index in [1.165, 1.54) is 0 Å². The predicted octanol–water partition coefficient (Wildman–Crippen LogP) is 1.77. The summed E-state index contributed by atoms with van der Waals surface area (Å²) in [7, 11) is -3.48. The van der Waals surface area contributed by atoms with Crippen LogP contribution in [-0.2, 0) is 10.0 Å². The van der Waals surface area contributed by atoms with Crippen molar-refractivity contribution >= 4 is 21.4 Å². The minimum atomic E-state index is -3.48. The summed E-state index contributed by atoms with van der Waals surface area (Å²) in [6.45, 7) is 4.23. The maximum atomic E-state index is 12.8. The van der Waals surface area contributed by atoms with Gasteiger partial charge in [0.15, 0.2) is 0 Å². The number of hydrogen-bond acceptors (Lipinski definition) is 5. The first-order chi connectivity index (χ1) is 9.59. The van der Waals surface area contributed by atoms with Gasteiger partial charge in [0.05, 0.1) is 0 Å². The maximum absolute atomic E-state index is 12.8. The molecule has 1 aliphatic heterocycles. The molecule has 0 spiro atoms. The minimum Gasteiger partial charge on any atom is -0.317 e. The molecule has 0 bridgehead atoms. The molecule has 0 aliphatic carbocycles. The Hall–Kier alpha value is -0.940. The Balaban J connectivity index is 2.28. The van der Waals surface area contributed by atoms with Crippen molar-refractivity contribution < 1.29 is 8.42 Å². The van der Waals surface area contributed by atoms with Crippen LogP contribution in [0.2, 0.25) is 0 Å². The maximum Gasteiger partial charge on any atom is 0.252 e. The number of piperidine rings is 1. The zero-order valence-corrected chi connectivity index (χ0v) is 13.1. The molecule has 1 aromatic rings. The third-order valence-electron chi connectivity index (χ3n) is 3.41. The third kappa shape index (κ3) is 3.20. The van der Waals surface area contributed by atoms with E-state index >= 15 is 0 Å². The summed E-state index contributed by atoms with van der Waals surface area (Å²) in [5.74, 6) is 0. The van der Waals surface area contributed by atoms with Crippen LogP contribution >= 0.6 is 11.3 Å². The van der Waals surface area contributed by atoms with Gasteiger partial charge in [-0.3, -0.25) is 0 Å².